The Hall–Kier alpha value is -2.11. The summed E-state index contributed by atoms with van der Waals surface area (Å²) in [4.78, 5) is 22.2. The van der Waals surface area contributed by atoms with E-state index >= 15 is 0 Å². The van der Waals surface area contributed by atoms with Gasteiger partial charge in [-0.1, -0.05) is 27.7 Å². The van der Waals surface area contributed by atoms with Crippen LogP contribution in [0.25, 0.3) is 0 Å². The number of nitro groups is 1. The van der Waals surface area contributed by atoms with Crippen molar-refractivity contribution in [3.8, 4) is 0 Å². The van der Waals surface area contributed by atoms with Gasteiger partial charge >= 0.3 is 0 Å². The van der Waals surface area contributed by atoms with Crippen LogP contribution in [-0.4, -0.2) is 17.4 Å². The number of amides is 1. The highest BCUT2D eigenvalue weighted by Crippen LogP contribution is 2.35. The van der Waals surface area contributed by atoms with Crippen molar-refractivity contribution >= 4 is 23.0 Å². The van der Waals surface area contributed by atoms with E-state index in [1.807, 2.05) is 0 Å². The van der Waals surface area contributed by atoms with Crippen LogP contribution < -0.4 is 10.6 Å². The van der Waals surface area contributed by atoms with Gasteiger partial charge in [0.1, 0.15) is 5.69 Å². The molecule has 1 aromatic rings. The molecule has 1 aliphatic heterocycles. The third kappa shape index (κ3) is 3.15. The predicted molar refractivity (Wildman–Crippen MR) is 82.5 cm³/mol. The quantitative estimate of drug-likeness (QED) is 0.644. The largest absolute Gasteiger partial charge is 0.379 e. The summed E-state index contributed by atoms with van der Waals surface area (Å²) in [5, 5.41) is 17.1. The molecule has 0 aliphatic carbocycles. The van der Waals surface area contributed by atoms with Crippen LogP contribution in [0.15, 0.2) is 12.1 Å². The van der Waals surface area contributed by atoms with E-state index in [0.29, 0.717) is 29.4 Å². The highest BCUT2D eigenvalue weighted by atomic mass is 16.6. The van der Waals surface area contributed by atoms with Gasteiger partial charge in [-0.3, -0.25) is 14.9 Å². The lowest BCUT2D eigenvalue weighted by molar-refractivity contribution is -0.384. The maximum absolute atomic E-state index is 11.4. The smallest absolute Gasteiger partial charge is 0.292 e. The SMILES string of the molecule is CC(C)C(C)(C)CNc1cc2c(cc1[N+](=O)[O-])CC(=O)N2. The van der Waals surface area contributed by atoms with Crippen LogP contribution in [0, 0.1) is 21.4 Å². The van der Waals surface area contributed by atoms with Gasteiger partial charge in [-0.2, -0.15) is 0 Å². The number of carbonyl (C=O) groups excluding carboxylic acids is 1. The Bertz CT molecular complexity index is 594. The van der Waals surface area contributed by atoms with Gasteiger partial charge < -0.3 is 10.6 Å². The van der Waals surface area contributed by atoms with E-state index in [9.17, 15) is 14.9 Å². The van der Waals surface area contributed by atoms with Gasteiger partial charge in [-0.05, 0) is 23.0 Å². The zero-order valence-corrected chi connectivity index (χ0v) is 12.8. The fraction of sp³-hybridized carbons (Fsp3) is 0.533. The minimum Gasteiger partial charge on any atom is -0.379 e. The van der Waals surface area contributed by atoms with Crippen molar-refractivity contribution < 1.29 is 9.72 Å². The number of carbonyl (C=O) groups is 1. The zero-order valence-electron chi connectivity index (χ0n) is 12.8. The lowest BCUT2D eigenvalue weighted by Gasteiger charge is -2.29. The number of hydrogen-bond acceptors (Lipinski definition) is 4. The van der Waals surface area contributed by atoms with Crippen molar-refractivity contribution in [2.45, 2.75) is 34.1 Å². The molecule has 6 nitrogen and oxygen atoms in total. The molecule has 0 saturated carbocycles. The Balaban J connectivity index is 2.29. The summed E-state index contributed by atoms with van der Waals surface area (Å²) in [5.41, 5.74) is 1.83. The monoisotopic (exact) mass is 291 g/mol. The third-order valence-corrected chi connectivity index (χ3v) is 4.34. The van der Waals surface area contributed by atoms with Crippen LogP contribution in [0.4, 0.5) is 17.1 Å². The summed E-state index contributed by atoms with van der Waals surface area (Å²) in [7, 11) is 0. The topological polar surface area (TPSA) is 84.3 Å². The van der Waals surface area contributed by atoms with E-state index in [1.165, 1.54) is 6.07 Å². The van der Waals surface area contributed by atoms with E-state index in [0.717, 1.165) is 0 Å². The van der Waals surface area contributed by atoms with E-state index < -0.39 is 4.92 Å². The molecule has 21 heavy (non-hydrogen) atoms. The van der Waals surface area contributed by atoms with Gasteiger partial charge in [-0.25, -0.2) is 0 Å². The summed E-state index contributed by atoms with van der Waals surface area (Å²) in [6.45, 7) is 9.10. The van der Waals surface area contributed by atoms with Crippen LogP contribution in [-0.2, 0) is 11.2 Å². The highest BCUT2D eigenvalue weighted by molar-refractivity contribution is 6.00. The Kier molecular flexibility index (Phi) is 3.89. The Labute approximate surface area is 124 Å². The standard InChI is InChI=1S/C15H21N3O3/c1-9(2)15(3,4)8-16-12-7-11-10(6-14(19)17-11)5-13(12)18(20)21/h5,7,9,16H,6,8H2,1-4H3,(H,17,19). The molecule has 1 amide bonds. The van der Waals surface area contributed by atoms with Gasteiger partial charge in [0.15, 0.2) is 0 Å². The van der Waals surface area contributed by atoms with Crippen LogP contribution in [0.3, 0.4) is 0 Å². The van der Waals surface area contributed by atoms with Crippen molar-refractivity contribution in [2.24, 2.45) is 11.3 Å². The molecule has 1 heterocycles. The van der Waals surface area contributed by atoms with Gasteiger partial charge in [0.05, 0.1) is 11.3 Å². The van der Waals surface area contributed by atoms with Crippen molar-refractivity contribution in [2.75, 3.05) is 17.2 Å². The van der Waals surface area contributed by atoms with Gasteiger partial charge in [-0.15, -0.1) is 0 Å². The molecule has 2 rings (SSSR count). The maximum atomic E-state index is 11.4. The number of nitro benzene ring substituents is 1. The van der Waals surface area contributed by atoms with Crippen LogP contribution in [0.2, 0.25) is 0 Å². The Morgan fingerprint density at radius 1 is 1.43 bits per heavy atom. The first-order chi connectivity index (χ1) is 9.70. The zero-order chi connectivity index (χ0) is 15.8. The van der Waals surface area contributed by atoms with Crippen molar-refractivity contribution in [1.29, 1.82) is 0 Å². The van der Waals surface area contributed by atoms with Crippen LogP contribution >= 0.6 is 0 Å². The van der Waals surface area contributed by atoms with Crippen molar-refractivity contribution in [3.63, 3.8) is 0 Å². The number of anilines is 2. The predicted octanol–water partition coefficient (Wildman–Crippen LogP) is 3.18. The van der Waals surface area contributed by atoms with Crippen LogP contribution in [0.5, 0.6) is 0 Å². The van der Waals surface area contributed by atoms with Gasteiger partial charge in [0, 0.05) is 18.3 Å². The molecule has 0 bridgehead atoms. The summed E-state index contributed by atoms with van der Waals surface area (Å²) >= 11 is 0. The molecule has 2 N–H and O–H groups in total. The minimum absolute atomic E-state index is 0.0101. The van der Waals surface area contributed by atoms with E-state index in [1.54, 1.807) is 6.07 Å². The van der Waals surface area contributed by atoms with Gasteiger partial charge in [0.25, 0.3) is 5.69 Å². The lowest BCUT2D eigenvalue weighted by Crippen LogP contribution is -2.28. The summed E-state index contributed by atoms with van der Waals surface area (Å²) < 4.78 is 0. The second-order valence-electron chi connectivity index (χ2n) is 6.51. The highest BCUT2D eigenvalue weighted by Gasteiger charge is 2.27. The molecule has 0 radical (unpaired) electrons. The van der Waals surface area contributed by atoms with Crippen molar-refractivity contribution in [1.82, 2.24) is 0 Å². The van der Waals surface area contributed by atoms with Crippen LogP contribution in [0.1, 0.15) is 33.3 Å². The molecule has 0 fully saturated rings. The summed E-state index contributed by atoms with van der Waals surface area (Å²) in [6.07, 6.45) is 0.202. The lowest BCUT2D eigenvalue weighted by atomic mass is 9.81. The second-order valence-corrected chi connectivity index (χ2v) is 6.51. The molecule has 0 atom stereocenters. The first-order valence-electron chi connectivity index (χ1n) is 7.06. The fourth-order valence-corrected chi connectivity index (χ4v) is 2.08. The number of nitrogens with one attached hydrogen (secondary N) is 2. The number of rotatable bonds is 5. The summed E-state index contributed by atoms with van der Waals surface area (Å²) in [6, 6.07) is 3.15. The van der Waals surface area contributed by atoms with E-state index in [4.69, 9.17) is 0 Å². The molecule has 0 aromatic heterocycles. The number of fused-ring (bicyclic) bond motifs is 1. The molecule has 0 spiro atoms. The molecular weight excluding hydrogens is 270 g/mol. The Morgan fingerprint density at radius 3 is 2.67 bits per heavy atom. The molecule has 1 aliphatic rings. The average molecular weight is 291 g/mol. The van der Waals surface area contributed by atoms with E-state index in [-0.39, 0.29) is 23.4 Å². The third-order valence-electron chi connectivity index (χ3n) is 4.34. The summed E-state index contributed by atoms with van der Waals surface area (Å²) in [5.74, 6) is 0.317. The molecule has 6 heteroatoms. The molecule has 0 unspecified atom stereocenters. The number of benzene rings is 1. The number of nitrogens with zero attached hydrogens (tertiary/aromatic N) is 1. The minimum atomic E-state index is -0.409. The first-order valence-corrected chi connectivity index (χ1v) is 7.06. The van der Waals surface area contributed by atoms with Gasteiger partial charge in [0.2, 0.25) is 5.91 Å². The molecule has 0 saturated heterocycles. The Morgan fingerprint density at radius 2 is 2.10 bits per heavy atom. The maximum Gasteiger partial charge on any atom is 0.292 e. The molecular formula is C15H21N3O3. The molecule has 114 valence electrons. The van der Waals surface area contributed by atoms with E-state index in [2.05, 4.69) is 38.3 Å². The molecule has 1 aromatic carbocycles. The first kappa shape index (κ1) is 15.3. The van der Waals surface area contributed by atoms with Crippen molar-refractivity contribution in [3.05, 3.63) is 27.8 Å². The average Bonchev–Trinajstić information content (AvgIpc) is 2.73. The normalized spacial score (nSPS) is 14.0. The number of hydrogen-bond donors (Lipinski definition) is 2. The fourth-order valence-electron chi connectivity index (χ4n) is 2.08. The second kappa shape index (κ2) is 5.35.